The van der Waals surface area contributed by atoms with Crippen molar-refractivity contribution in [3.05, 3.63) is 248 Å². The molecule has 0 aliphatic carbocycles. The fraction of sp³-hybridized carbons (Fsp3) is 0.307. The number of unbranched alkanes of at least 4 members (excludes halogenated alkanes) is 12. The van der Waals surface area contributed by atoms with Crippen molar-refractivity contribution >= 4 is 11.4 Å². The lowest BCUT2D eigenvalue weighted by Crippen LogP contribution is -1.92. The molecule has 0 amide bonds. The van der Waals surface area contributed by atoms with Crippen LogP contribution in [0, 0.1) is 63.5 Å². The van der Waals surface area contributed by atoms with E-state index in [1.165, 1.54) is 179 Å². The van der Waals surface area contributed by atoms with Gasteiger partial charge >= 0.3 is 0 Å². The minimum atomic E-state index is 0. The van der Waals surface area contributed by atoms with Gasteiger partial charge in [0.1, 0.15) is 0 Å². The van der Waals surface area contributed by atoms with Gasteiger partial charge in [0.15, 0.2) is 11.4 Å². The van der Waals surface area contributed by atoms with E-state index in [-0.39, 0.29) is 7.43 Å². The molecule has 400 valence electrons. The second-order valence-electron chi connectivity index (χ2n) is 21.2. The number of aryl methyl sites for hydroxylation is 8. The first-order valence-electron chi connectivity index (χ1n) is 28.5. The molecule has 0 spiro atoms. The largest absolute Gasteiger partial charge is 0.238 e. The molecule has 0 heterocycles. The van der Waals surface area contributed by atoms with Gasteiger partial charge < -0.3 is 0 Å². The minimum Gasteiger partial charge on any atom is -0.238 e. The second kappa shape index (κ2) is 31.8. The van der Waals surface area contributed by atoms with Gasteiger partial charge in [0.25, 0.3) is 0 Å². The van der Waals surface area contributed by atoms with Crippen molar-refractivity contribution in [3.63, 3.8) is 0 Å². The Bertz CT molecular complexity index is 3130. The van der Waals surface area contributed by atoms with E-state index in [9.17, 15) is 0 Å². The Hall–Kier alpha value is -8.28. The van der Waals surface area contributed by atoms with Gasteiger partial charge in [0.2, 0.25) is 0 Å². The Morgan fingerprint density at radius 2 is 0.620 bits per heavy atom. The van der Waals surface area contributed by atoms with E-state index in [0.717, 1.165) is 25.7 Å². The van der Waals surface area contributed by atoms with Crippen LogP contribution in [0.25, 0.3) is 54.2 Å². The van der Waals surface area contributed by atoms with Crippen molar-refractivity contribution in [2.75, 3.05) is 0 Å². The summed E-state index contributed by atoms with van der Waals surface area (Å²) in [7, 11) is 0. The standard InChI is InChI=1S/2C37H38N2.CH4/c1-28-25-30(15-23-36(28)33-17-13-32(27-38)14-18-33)11-9-7-5-4-6-8-10-12-31-16-24-37(29(2)26-31)34-19-21-35(39-3)22-20-34;1-28-25-35(33-15-13-30(27-38)14-16-33)19-17-31(28)11-9-7-5-4-6-8-10-12-32-18-20-36(26-29(32)2)34-21-23-37(39-3)24-22-34;/h2*13-26H,4-12H2,1-2H3;1H4. The molecule has 0 bridgehead atoms. The van der Waals surface area contributed by atoms with Crippen molar-refractivity contribution in [1.82, 2.24) is 0 Å². The summed E-state index contributed by atoms with van der Waals surface area (Å²) in [5.74, 6) is 0. The van der Waals surface area contributed by atoms with Gasteiger partial charge in [-0.05, 0) is 192 Å². The van der Waals surface area contributed by atoms with Crippen LogP contribution in [0.4, 0.5) is 11.4 Å². The third-order valence-electron chi connectivity index (χ3n) is 15.4. The molecule has 4 nitrogen and oxygen atoms in total. The Balaban J connectivity index is 0.000000252. The molecule has 0 radical (unpaired) electrons. The Morgan fingerprint density at radius 3 is 0.949 bits per heavy atom. The molecule has 0 N–H and O–H groups in total. The van der Waals surface area contributed by atoms with E-state index >= 15 is 0 Å². The average Bonchev–Trinajstić information content (AvgIpc) is 3.48. The molecule has 0 aliphatic heterocycles. The third kappa shape index (κ3) is 18.4. The number of rotatable bonds is 24. The molecule has 0 unspecified atom stereocenters. The molecule has 0 aromatic heterocycles. The van der Waals surface area contributed by atoms with Crippen LogP contribution in [0.15, 0.2) is 170 Å². The number of benzene rings is 8. The van der Waals surface area contributed by atoms with Gasteiger partial charge in [-0.3, -0.25) is 0 Å². The summed E-state index contributed by atoms with van der Waals surface area (Å²) >= 11 is 0. The van der Waals surface area contributed by atoms with Gasteiger partial charge in [-0.2, -0.15) is 10.5 Å². The Kier molecular flexibility index (Phi) is 24.2. The Morgan fingerprint density at radius 1 is 0.316 bits per heavy atom. The molecule has 4 heteroatoms. The summed E-state index contributed by atoms with van der Waals surface area (Å²) in [6.07, 6.45) is 22.8. The highest BCUT2D eigenvalue weighted by Gasteiger charge is 2.09. The fourth-order valence-corrected chi connectivity index (χ4v) is 10.7. The SMILES string of the molecule is C.[C-]#[N+]c1ccc(-c2ccc(CCCCCCCCCc3ccc(-c4ccc(C#N)cc4)c(C)c3)cc2C)cc1.[C-]#[N+]c1ccc(-c2ccc(CCCCCCCCCc3ccc(-c4ccc(C#N)cc4)cc3C)c(C)c2)cc1. The van der Waals surface area contributed by atoms with E-state index in [2.05, 4.69) is 122 Å². The number of nitrogens with zero attached hydrogens (tertiary/aromatic N) is 4. The highest BCUT2D eigenvalue weighted by Crippen LogP contribution is 2.30. The molecule has 8 aromatic carbocycles. The van der Waals surface area contributed by atoms with Crippen LogP contribution in [-0.4, -0.2) is 0 Å². The zero-order valence-electron chi connectivity index (χ0n) is 46.7. The molecule has 8 rings (SSSR count). The zero-order chi connectivity index (χ0) is 54.9. The van der Waals surface area contributed by atoms with Gasteiger partial charge in [-0.1, -0.05) is 217 Å². The van der Waals surface area contributed by atoms with Gasteiger partial charge in [0, 0.05) is 0 Å². The first kappa shape index (κ1) is 60.0. The predicted octanol–water partition coefficient (Wildman–Crippen LogP) is 21.8. The van der Waals surface area contributed by atoms with Gasteiger partial charge in [-0.25, -0.2) is 9.69 Å². The minimum absolute atomic E-state index is 0. The van der Waals surface area contributed by atoms with E-state index < -0.39 is 0 Å². The van der Waals surface area contributed by atoms with E-state index in [1.807, 2.05) is 97.1 Å². The third-order valence-corrected chi connectivity index (χ3v) is 15.4. The van der Waals surface area contributed by atoms with E-state index in [4.69, 9.17) is 23.7 Å². The maximum Gasteiger partial charge on any atom is 0.187 e. The second-order valence-corrected chi connectivity index (χ2v) is 21.2. The summed E-state index contributed by atoms with van der Waals surface area (Å²) in [6.45, 7) is 23.0. The molecule has 0 atom stereocenters. The summed E-state index contributed by atoms with van der Waals surface area (Å²) in [6, 6.07) is 63.0. The fourth-order valence-electron chi connectivity index (χ4n) is 10.7. The summed E-state index contributed by atoms with van der Waals surface area (Å²) < 4.78 is 0. The Labute approximate surface area is 475 Å². The van der Waals surface area contributed by atoms with Crippen LogP contribution in [0.1, 0.15) is 153 Å². The predicted molar refractivity (Wildman–Crippen MR) is 335 cm³/mol. The van der Waals surface area contributed by atoms with E-state index in [0.29, 0.717) is 22.5 Å². The lowest BCUT2D eigenvalue weighted by molar-refractivity contribution is 0.578. The molecular formula is C75H80N4. The summed E-state index contributed by atoms with van der Waals surface area (Å²) in [5.41, 5.74) is 23.5. The maximum atomic E-state index is 9.01. The van der Waals surface area contributed by atoms with Crippen LogP contribution >= 0.6 is 0 Å². The molecule has 0 saturated carbocycles. The van der Waals surface area contributed by atoms with Gasteiger partial charge in [-0.15, -0.1) is 0 Å². The number of hydrogen-bond donors (Lipinski definition) is 0. The maximum absolute atomic E-state index is 9.01. The van der Waals surface area contributed by atoms with Crippen molar-refractivity contribution < 1.29 is 0 Å². The van der Waals surface area contributed by atoms with Crippen LogP contribution in [0.5, 0.6) is 0 Å². The van der Waals surface area contributed by atoms with Gasteiger partial charge in [0.05, 0.1) is 36.4 Å². The topological polar surface area (TPSA) is 56.3 Å². The lowest BCUT2D eigenvalue weighted by Gasteiger charge is -2.10. The van der Waals surface area contributed by atoms with Crippen LogP contribution in [0.2, 0.25) is 0 Å². The van der Waals surface area contributed by atoms with Crippen molar-refractivity contribution in [3.8, 4) is 56.6 Å². The first-order chi connectivity index (χ1) is 38.1. The average molecular weight is 1040 g/mol. The highest BCUT2D eigenvalue weighted by atomic mass is 14.6. The molecule has 0 fully saturated rings. The summed E-state index contributed by atoms with van der Waals surface area (Å²) in [4.78, 5) is 6.97. The van der Waals surface area contributed by atoms with Crippen molar-refractivity contribution in [2.45, 2.75) is 151 Å². The first-order valence-corrected chi connectivity index (χ1v) is 28.5. The summed E-state index contributed by atoms with van der Waals surface area (Å²) in [5, 5.41) is 18.0. The van der Waals surface area contributed by atoms with E-state index in [1.54, 1.807) is 0 Å². The van der Waals surface area contributed by atoms with Crippen LogP contribution in [0.3, 0.4) is 0 Å². The smallest absolute Gasteiger partial charge is 0.187 e. The highest BCUT2D eigenvalue weighted by molar-refractivity contribution is 5.71. The molecule has 0 saturated heterocycles. The normalized spacial score (nSPS) is 10.5. The quantitative estimate of drug-likeness (QED) is 0.0447. The number of nitriles is 2. The molecule has 8 aromatic rings. The molecule has 0 aliphatic rings. The zero-order valence-corrected chi connectivity index (χ0v) is 46.7. The van der Waals surface area contributed by atoms with Crippen LogP contribution < -0.4 is 0 Å². The molecular weight excluding hydrogens is 957 g/mol. The molecule has 79 heavy (non-hydrogen) atoms. The van der Waals surface area contributed by atoms with Crippen molar-refractivity contribution in [2.24, 2.45) is 0 Å². The number of hydrogen-bond acceptors (Lipinski definition) is 2. The lowest BCUT2D eigenvalue weighted by atomic mass is 9.95. The van der Waals surface area contributed by atoms with Crippen molar-refractivity contribution in [1.29, 1.82) is 10.5 Å². The monoisotopic (exact) mass is 1040 g/mol. The van der Waals surface area contributed by atoms with Crippen LogP contribution in [-0.2, 0) is 25.7 Å².